The number of carbonyl (C=O) groups excluding carboxylic acids is 3. The fourth-order valence-electron chi connectivity index (χ4n) is 5.00. The molecule has 8 heteroatoms. The molecule has 0 saturated carbocycles. The Morgan fingerprint density at radius 2 is 1.88 bits per heavy atom. The first-order valence-electron chi connectivity index (χ1n) is 11.5. The topological polar surface area (TPSA) is 73.0 Å². The van der Waals surface area contributed by atoms with Gasteiger partial charge >= 0.3 is 6.03 Å². The third-order valence-corrected chi connectivity index (χ3v) is 6.90. The molecule has 1 aromatic rings. The van der Waals surface area contributed by atoms with Gasteiger partial charge in [-0.2, -0.15) is 0 Å². The Balaban J connectivity index is 1.72. The zero-order valence-corrected chi connectivity index (χ0v) is 19.7. The number of likely N-dealkylation sites (N-methyl/N-ethyl adjacent to an activating group) is 1. The maximum atomic E-state index is 13.8. The summed E-state index contributed by atoms with van der Waals surface area (Å²) in [6, 6.07) is 5.83. The number of hydrogen-bond donors (Lipinski definition) is 1. The van der Waals surface area contributed by atoms with Crippen molar-refractivity contribution >= 4 is 29.4 Å². The molecule has 0 bridgehead atoms. The predicted molar refractivity (Wildman–Crippen MR) is 123 cm³/mol. The highest BCUT2D eigenvalue weighted by Crippen LogP contribution is 2.39. The van der Waals surface area contributed by atoms with Gasteiger partial charge in [0.1, 0.15) is 6.04 Å². The van der Waals surface area contributed by atoms with E-state index in [2.05, 4.69) is 19.2 Å². The van der Waals surface area contributed by atoms with Crippen molar-refractivity contribution in [1.82, 2.24) is 20.0 Å². The predicted octanol–water partition coefficient (Wildman–Crippen LogP) is 3.56. The van der Waals surface area contributed by atoms with Crippen molar-refractivity contribution in [3.8, 4) is 0 Å². The first kappa shape index (κ1) is 22.6. The zero-order chi connectivity index (χ0) is 23.0. The molecule has 3 heterocycles. The van der Waals surface area contributed by atoms with Gasteiger partial charge < -0.3 is 15.1 Å². The van der Waals surface area contributed by atoms with Gasteiger partial charge in [0.2, 0.25) is 5.91 Å². The number of carbonyl (C=O) groups is 3. The molecule has 0 spiro atoms. The quantitative estimate of drug-likeness (QED) is 0.708. The average molecular weight is 459 g/mol. The van der Waals surface area contributed by atoms with Crippen molar-refractivity contribution < 1.29 is 14.4 Å². The van der Waals surface area contributed by atoms with Crippen molar-refractivity contribution in [2.24, 2.45) is 5.92 Å². The SMILES string of the molecule is CCN1C(=O)NC(c2ccccc2Cl)C2=C1CN(C(CC(C)C)C(=O)N1CCCC1)C2=O. The van der Waals surface area contributed by atoms with Gasteiger partial charge in [-0.3, -0.25) is 14.5 Å². The van der Waals surface area contributed by atoms with E-state index < -0.39 is 12.1 Å². The summed E-state index contributed by atoms with van der Waals surface area (Å²) in [5.41, 5.74) is 1.88. The minimum atomic E-state index is -0.631. The number of halogens is 1. The molecular weight excluding hydrogens is 428 g/mol. The fraction of sp³-hybridized carbons (Fsp3) is 0.542. The second kappa shape index (κ2) is 9.14. The van der Waals surface area contributed by atoms with Gasteiger partial charge in [-0.1, -0.05) is 43.6 Å². The lowest BCUT2D eigenvalue weighted by Gasteiger charge is -2.33. The molecule has 7 nitrogen and oxygen atoms in total. The van der Waals surface area contributed by atoms with Gasteiger partial charge in [-0.15, -0.1) is 0 Å². The lowest BCUT2D eigenvalue weighted by Crippen LogP contribution is -2.50. The molecule has 3 aliphatic heterocycles. The zero-order valence-electron chi connectivity index (χ0n) is 18.9. The van der Waals surface area contributed by atoms with E-state index in [0.717, 1.165) is 25.9 Å². The summed E-state index contributed by atoms with van der Waals surface area (Å²) in [6.07, 6.45) is 2.59. The van der Waals surface area contributed by atoms with Crippen LogP contribution in [0.1, 0.15) is 51.6 Å². The van der Waals surface area contributed by atoms with Gasteiger partial charge in [0, 0.05) is 24.7 Å². The number of nitrogens with one attached hydrogen (secondary N) is 1. The van der Waals surface area contributed by atoms with Crippen LogP contribution in [-0.4, -0.2) is 64.8 Å². The Morgan fingerprint density at radius 3 is 2.50 bits per heavy atom. The molecular formula is C24H31ClN4O3. The maximum Gasteiger partial charge on any atom is 0.322 e. The van der Waals surface area contributed by atoms with Gasteiger partial charge in [-0.05, 0) is 43.7 Å². The summed E-state index contributed by atoms with van der Waals surface area (Å²) < 4.78 is 0. The van der Waals surface area contributed by atoms with Crippen LogP contribution in [0.15, 0.2) is 35.5 Å². The van der Waals surface area contributed by atoms with E-state index in [9.17, 15) is 14.4 Å². The van der Waals surface area contributed by atoms with E-state index in [1.54, 1.807) is 15.9 Å². The lowest BCUT2D eigenvalue weighted by molar-refractivity contribution is -0.142. The van der Waals surface area contributed by atoms with Crippen LogP contribution >= 0.6 is 11.6 Å². The first-order chi connectivity index (χ1) is 15.3. The largest absolute Gasteiger partial charge is 0.341 e. The van der Waals surface area contributed by atoms with Crippen molar-refractivity contribution in [2.75, 3.05) is 26.2 Å². The fourth-order valence-corrected chi connectivity index (χ4v) is 5.24. The number of benzene rings is 1. The summed E-state index contributed by atoms with van der Waals surface area (Å²) in [5, 5.41) is 3.46. The normalized spacial score (nSPS) is 22.0. The Kier molecular flexibility index (Phi) is 6.47. The molecule has 3 aliphatic rings. The molecule has 0 radical (unpaired) electrons. The van der Waals surface area contributed by atoms with Gasteiger partial charge in [0.25, 0.3) is 5.91 Å². The van der Waals surface area contributed by atoms with Gasteiger partial charge in [0.05, 0.1) is 23.9 Å². The Labute approximate surface area is 194 Å². The number of nitrogens with zero attached hydrogens (tertiary/aromatic N) is 3. The maximum absolute atomic E-state index is 13.8. The minimum absolute atomic E-state index is 0.0148. The monoisotopic (exact) mass is 458 g/mol. The van der Waals surface area contributed by atoms with E-state index in [1.165, 1.54) is 0 Å². The molecule has 1 saturated heterocycles. The second-order valence-corrected chi connectivity index (χ2v) is 9.53. The standard InChI is InChI=1S/C24H31ClN4O3/c1-4-28-19-14-29(18(13-15(2)3)22(30)27-11-7-8-12-27)23(31)20(19)21(26-24(28)32)16-9-5-6-10-17(16)25/h5-6,9-10,15,18,21H,4,7-8,11-14H2,1-3H3,(H,26,32). The molecule has 2 atom stereocenters. The summed E-state index contributed by atoms with van der Waals surface area (Å²) in [7, 11) is 0. The molecule has 32 heavy (non-hydrogen) atoms. The molecule has 172 valence electrons. The minimum Gasteiger partial charge on any atom is -0.341 e. The smallest absolute Gasteiger partial charge is 0.322 e. The first-order valence-corrected chi connectivity index (χ1v) is 11.9. The number of urea groups is 1. The highest BCUT2D eigenvalue weighted by atomic mass is 35.5. The van der Waals surface area contributed by atoms with Gasteiger partial charge in [-0.25, -0.2) is 4.79 Å². The molecule has 4 rings (SSSR count). The summed E-state index contributed by atoms with van der Waals surface area (Å²) in [4.78, 5) is 45.3. The van der Waals surface area contributed by atoms with Crippen molar-refractivity contribution in [3.63, 3.8) is 0 Å². The van der Waals surface area contributed by atoms with Crippen molar-refractivity contribution in [2.45, 2.75) is 52.1 Å². The summed E-state index contributed by atoms with van der Waals surface area (Å²) in [5.74, 6) is 0.0703. The van der Waals surface area contributed by atoms with E-state index in [-0.39, 0.29) is 30.3 Å². The van der Waals surface area contributed by atoms with Crippen molar-refractivity contribution in [1.29, 1.82) is 0 Å². The van der Waals surface area contributed by atoms with E-state index in [0.29, 0.717) is 34.8 Å². The van der Waals surface area contributed by atoms with Crippen LogP contribution in [0.2, 0.25) is 5.02 Å². The van der Waals surface area contributed by atoms with E-state index in [1.807, 2.05) is 30.0 Å². The molecule has 1 N–H and O–H groups in total. The molecule has 2 unspecified atom stereocenters. The summed E-state index contributed by atoms with van der Waals surface area (Å²) >= 11 is 6.44. The molecule has 0 aliphatic carbocycles. The molecule has 1 fully saturated rings. The van der Waals surface area contributed by atoms with Crippen LogP contribution in [0.25, 0.3) is 0 Å². The van der Waals surface area contributed by atoms with E-state index in [4.69, 9.17) is 11.6 Å². The number of likely N-dealkylation sites (tertiary alicyclic amines) is 1. The van der Waals surface area contributed by atoms with Crippen LogP contribution < -0.4 is 5.32 Å². The Bertz CT molecular complexity index is 954. The molecule has 4 amide bonds. The summed E-state index contributed by atoms with van der Waals surface area (Å²) in [6.45, 7) is 8.19. The van der Waals surface area contributed by atoms with Crippen molar-refractivity contribution in [3.05, 3.63) is 46.1 Å². The number of rotatable bonds is 6. The third kappa shape index (κ3) is 3.98. The third-order valence-electron chi connectivity index (χ3n) is 6.56. The van der Waals surface area contributed by atoms with Crippen LogP contribution in [0, 0.1) is 5.92 Å². The Hall–Kier alpha value is -2.54. The highest BCUT2D eigenvalue weighted by molar-refractivity contribution is 6.31. The average Bonchev–Trinajstić information content (AvgIpc) is 3.40. The molecule has 0 aromatic heterocycles. The van der Waals surface area contributed by atoms with Crippen LogP contribution in [0.5, 0.6) is 0 Å². The lowest BCUT2D eigenvalue weighted by atomic mass is 9.95. The van der Waals surface area contributed by atoms with Crippen LogP contribution in [0.3, 0.4) is 0 Å². The van der Waals surface area contributed by atoms with Crippen LogP contribution in [0.4, 0.5) is 4.79 Å². The number of hydrogen-bond acceptors (Lipinski definition) is 3. The van der Waals surface area contributed by atoms with Gasteiger partial charge in [0.15, 0.2) is 0 Å². The second-order valence-electron chi connectivity index (χ2n) is 9.12. The molecule has 1 aromatic carbocycles. The van der Waals surface area contributed by atoms with Crippen LogP contribution in [-0.2, 0) is 9.59 Å². The van der Waals surface area contributed by atoms with E-state index >= 15 is 0 Å². The Morgan fingerprint density at radius 1 is 1.19 bits per heavy atom. The highest BCUT2D eigenvalue weighted by Gasteiger charge is 2.47. The number of amides is 4.